The van der Waals surface area contributed by atoms with Crippen LogP contribution in [-0.2, 0) is 9.59 Å². The first-order chi connectivity index (χ1) is 6.66. The molecule has 1 aliphatic carbocycles. The Labute approximate surface area is 81.7 Å². The third-order valence-electron chi connectivity index (χ3n) is 2.51. The summed E-state index contributed by atoms with van der Waals surface area (Å²) in [6.07, 6.45) is 1.93. The van der Waals surface area contributed by atoms with Crippen molar-refractivity contribution in [1.29, 1.82) is 5.26 Å². The second-order valence-electron chi connectivity index (χ2n) is 3.36. The molecule has 0 radical (unpaired) electrons. The van der Waals surface area contributed by atoms with Gasteiger partial charge in [0, 0.05) is 0 Å². The van der Waals surface area contributed by atoms with Gasteiger partial charge < -0.3 is 10.4 Å². The normalized spacial score (nSPS) is 25.4. The predicted molar refractivity (Wildman–Crippen MR) is 47.1 cm³/mol. The maximum Gasteiger partial charge on any atom is 0.307 e. The second-order valence-corrected chi connectivity index (χ2v) is 3.36. The number of nitrogens with one attached hydrogen (secondary N) is 1. The van der Waals surface area contributed by atoms with E-state index in [1.807, 2.05) is 0 Å². The van der Waals surface area contributed by atoms with Crippen molar-refractivity contribution < 1.29 is 14.7 Å². The maximum atomic E-state index is 11.4. The third kappa shape index (κ3) is 2.22. The number of carbonyl (C=O) groups excluding carboxylic acids is 1. The number of hydrogen-bond acceptors (Lipinski definition) is 3. The quantitative estimate of drug-likeness (QED) is 0.627. The summed E-state index contributed by atoms with van der Waals surface area (Å²) >= 11 is 0. The lowest BCUT2D eigenvalue weighted by atomic mass is 9.95. The molecule has 0 aliphatic heterocycles. The van der Waals surface area contributed by atoms with Gasteiger partial charge in [0.15, 0.2) is 0 Å². The van der Waals surface area contributed by atoms with E-state index in [0.717, 1.165) is 6.42 Å². The van der Waals surface area contributed by atoms with E-state index in [1.165, 1.54) is 0 Å². The number of hydrogen-bond donors (Lipinski definition) is 2. The third-order valence-corrected chi connectivity index (χ3v) is 2.51. The van der Waals surface area contributed by atoms with Gasteiger partial charge in [-0.25, -0.2) is 0 Å². The Morgan fingerprint density at radius 1 is 1.43 bits per heavy atom. The molecule has 0 aromatic heterocycles. The van der Waals surface area contributed by atoms with Gasteiger partial charge in [-0.05, 0) is 12.8 Å². The molecule has 5 heteroatoms. The van der Waals surface area contributed by atoms with Crippen LogP contribution in [0.3, 0.4) is 0 Å². The number of aliphatic carboxylic acids is 1. The van der Waals surface area contributed by atoms with Crippen LogP contribution in [0.4, 0.5) is 0 Å². The monoisotopic (exact) mass is 196 g/mol. The minimum absolute atomic E-state index is 0.0539. The van der Waals surface area contributed by atoms with Crippen LogP contribution in [-0.4, -0.2) is 23.5 Å². The fraction of sp³-hybridized carbons (Fsp3) is 0.667. The molecule has 1 saturated carbocycles. The fourth-order valence-corrected chi connectivity index (χ4v) is 1.83. The largest absolute Gasteiger partial charge is 0.481 e. The van der Waals surface area contributed by atoms with E-state index < -0.39 is 17.8 Å². The lowest BCUT2D eigenvalue weighted by Gasteiger charge is -2.13. The molecule has 2 unspecified atom stereocenters. The van der Waals surface area contributed by atoms with Gasteiger partial charge in [-0.3, -0.25) is 9.59 Å². The summed E-state index contributed by atoms with van der Waals surface area (Å²) in [7, 11) is 0. The number of amides is 1. The van der Waals surface area contributed by atoms with Crippen LogP contribution >= 0.6 is 0 Å². The number of carboxylic acids is 1. The summed E-state index contributed by atoms with van der Waals surface area (Å²) in [6.45, 7) is -0.0539. The van der Waals surface area contributed by atoms with Gasteiger partial charge in [0.25, 0.3) is 0 Å². The van der Waals surface area contributed by atoms with E-state index in [1.54, 1.807) is 6.07 Å². The standard InChI is InChI=1S/C9H12N2O3/c10-4-5-11-8(12)6-2-1-3-7(6)9(13)14/h6-7H,1-3,5H2,(H,11,12)(H,13,14). The molecule has 2 atom stereocenters. The average Bonchev–Trinajstić information content (AvgIpc) is 2.62. The van der Waals surface area contributed by atoms with Crippen LogP contribution < -0.4 is 5.32 Å². The molecule has 0 bridgehead atoms. The molecule has 1 rings (SSSR count). The van der Waals surface area contributed by atoms with Crippen molar-refractivity contribution >= 4 is 11.9 Å². The van der Waals surface area contributed by atoms with Crippen LogP contribution in [0.25, 0.3) is 0 Å². The van der Waals surface area contributed by atoms with Gasteiger partial charge in [-0.1, -0.05) is 6.42 Å². The highest BCUT2D eigenvalue weighted by Crippen LogP contribution is 2.31. The molecule has 14 heavy (non-hydrogen) atoms. The van der Waals surface area contributed by atoms with Crippen LogP contribution in [0.1, 0.15) is 19.3 Å². The zero-order valence-electron chi connectivity index (χ0n) is 7.69. The minimum Gasteiger partial charge on any atom is -0.481 e. The molecule has 1 amide bonds. The van der Waals surface area contributed by atoms with Crippen molar-refractivity contribution in [2.45, 2.75) is 19.3 Å². The van der Waals surface area contributed by atoms with Crippen LogP contribution in [0.15, 0.2) is 0 Å². The Kier molecular flexibility index (Phi) is 3.46. The van der Waals surface area contributed by atoms with Crippen molar-refractivity contribution in [3.8, 4) is 6.07 Å². The van der Waals surface area contributed by atoms with Crippen LogP contribution in [0.2, 0.25) is 0 Å². The average molecular weight is 196 g/mol. The van der Waals surface area contributed by atoms with Crippen molar-refractivity contribution in [3.63, 3.8) is 0 Å². The Morgan fingerprint density at radius 2 is 2.07 bits per heavy atom. The van der Waals surface area contributed by atoms with Crippen molar-refractivity contribution in [3.05, 3.63) is 0 Å². The summed E-state index contributed by atoms with van der Waals surface area (Å²) in [4.78, 5) is 22.1. The number of nitriles is 1. The Hall–Kier alpha value is -1.57. The second kappa shape index (κ2) is 4.61. The van der Waals surface area contributed by atoms with Gasteiger partial charge in [-0.15, -0.1) is 0 Å². The van der Waals surface area contributed by atoms with Gasteiger partial charge >= 0.3 is 5.97 Å². The first-order valence-electron chi connectivity index (χ1n) is 4.54. The van der Waals surface area contributed by atoms with E-state index in [9.17, 15) is 9.59 Å². The van der Waals surface area contributed by atoms with Crippen molar-refractivity contribution in [1.82, 2.24) is 5.32 Å². The Morgan fingerprint density at radius 3 is 2.64 bits per heavy atom. The molecule has 5 nitrogen and oxygen atoms in total. The molecule has 0 saturated heterocycles. The van der Waals surface area contributed by atoms with Crippen molar-refractivity contribution in [2.24, 2.45) is 11.8 Å². The number of rotatable bonds is 3. The summed E-state index contributed by atoms with van der Waals surface area (Å²) in [6, 6.07) is 1.79. The molecular formula is C9H12N2O3. The zero-order chi connectivity index (χ0) is 10.6. The zero-order valence-corrected chi connectivity index (χ0v) is 7.69. The maximum absolute atomic E-state index is 11.4. The van der Waals surface area contributed by atoms with Gasteiger partial charge in [0.1, 0.15) is 6.54 Å². The molecule has 76 valence electrons. The van der Waals surface area contributed by atoms with E-state index in [4.69, 9.17) is 10.4 Å². The van der Waals surface area contributed by atoms with Crippen LogP contribution in [0, 0.1) is 23.2 Å². The molecule has 1 aliphatic rings. The first kappa shape index (κ1) is 10.5. The predicted octanol–water partition coefficient (Wildman–Crippen LogP) is 0.127. The van der Waals surface area contributed by atoms with E-state index in [-0.39, 0.29) is 12.5 Å². The van der Waals surface area contributed by atoms with E-state index in [2.05, 4.69) is 5.32 Å². The lowest BCUT2D eigenvalue weighted by molar-refractivity contribution is -0.146. The molecule has 1 fully saturated rings. The highest BCUT2D eigenvalue weighted by molar-refractivity contribution is 5.85. The Balaban J connectivity index is 2.54. The molecule has 0 spiro atoms. The number of carbonyl (C=O) groups is 2. The minimum atomic E-state index is -0.917. The van der Waals surface area contributed by atoms with E-state index in [0.29, 0.717) is 12.8 Å². The van der Waals surface area contributed by atoms with E-state index >= 15 is 0 Å². The molecule has 0 aromatic rings. The summed E-state index contributed by atoms with van der Waals surface area (Å²) in [5.41, 5.74) is 0. The van der Waals surface area contributed by atoms with Gasteiger partial charge in [-0.2, -0.15) is 5.26 Å². The lowest BCUT2D eigenvalue weighted by Crippen LogP contribution is -2.35. The smallest absolute Gasteiger partial charge is 0.307 e. The number of nitrogens with zero attached hydrogens (tertiary/aromatic N) is 1. The highest BCUT2D eigenvalue weighted by atomic mass is 16.4. The fourth-order valence-electron chi connectivity index (χ4n) is 1.83. The van der Waals surface area contributed by atoms with Gasteiger partial charge in [0.2, 0.25) is 5.91 Å². The topological polar surface area (TPSA) is 90.2 Å². The highest BCUT2D eigenvalue weighted by Gasteiger charge is 2.37. The molecular weight excluding hydrogens is 184 g/mol. The Bertz CT molecular complexity index is 282. The van der Waals surface area contributed by atoms with Crippen LogP contribution in [0.5, 0.6) is 0 Å². The summed E-state index contributed by atoms with van der Waals surface area (Å²) in [5.74, 6) is -2.26. The SMILES string of the molecule is N#CCNC(=O)C1CCCC1C(=O)O. The molecule has 0 aromatic carbocycles. The summed E-state index contributed by atoms with van der Waals surface area (Å²) in [5, 5.41) is 19.5. The number of carboxylic acid groups (broad SMARTS) is 1. The molecule has 2 N–H and O–H groups in total. The first-order valence-corrected chi connectivity index (χ1v) is 4.54. The van der Waals surface area contributed by atoms with Gasteiger partial charge in [0.05, 0.1) is 17.9 Å². The van der Waals surface area contributed by atoms with Crippen molar-refractivity contribution in [2.75, 3.05) is 6.54 Å². The summed E-state index contributed by atoms with van der Waals surface area (Å²) < 4.78 is 0. The molecule has 0 heterocycles.